The SMILES string of the molecule is CNc1nc(C2CC2)nc(NCC(C)(C)C(N)=O)c1C. The van der Waals surface area contributed by atoms with Crippen LogP contribution < -0.4 is 16.4 Å². The number of hydrogen-bond acceptors (Lipinski definition) is 5. The van der Waals surface area contributed by atoms with Gasteiger partial charge in [0.25, 0.3) is 0 Å². The number of carbonyl (C=O) groups excluding carboxylic acids is 1. The first-order valence-corrected chi connectivity index (χ1v) is 6.95. The van der Waals surface area contributed by atoms with Crippen LogP contribution in [-0.2, 0) is 4.79 Å². The van der Waals surface area contributed by atoms with Crippen LogP contribution in [0.3, 0.4) is 0 Å². The molecule has 1 aliphatic carbocycles. The molecule has 0 saturated heterocycles. The lowest BCUT2D eigenvalue weighted by Gasteiger charge is -2.22. The van der Waals surface area contributed by atoms with E-state index in [1.165, 1.54) is 0 Å². The largest absolute Gasteiger partial charge is 0.373 e. The van der Waals surface area contributed by atoms with Crippen LogP contribution >= 0.6 is 0 Å². The van der Waals surface area contributed by atoms with Gasteiger partial charge in [-0.1, -0.05) is 0 Å². The zero-order chi connectivity index (χ0) is 14.9. The summed E-state index contributed by atoms with van der Waals surface area (Å²) in [5, 5.41) is 6.34. The molecule has 0 unspecified atom stereocenters. The standard InChI is InChI=1S/C14H23N5O/c1-8-10(16-4)18-12(9-5-6-9)19-11(8)17-7-14(2,3)13(15)20/h9H,5-7H2,1-4H3,(H2,15,20)(H2,16,17,18,19). The average molecular weight is 277 g/mol. The number of amides is 1. The van der Waals surface area contributed by atoms with Crippen LogP contribution in [0.4, 0.5) is 11.6 Å². The maximum absolute atomic E-state index is 11.4. The Kier molecular flexibility index (Phi) is 3.83. The number of aromatic nitrogens is 2. The summed E-state index contributed by atoms with van der Waals surface area (Å²) < 4.78 is 0. The molecule has 1 aliphatic rings. The van der Waals surface area contributed by atoms with E-state index < -0.39 is 5.41 Å². The molecule has 2 rings (SSSR count). The topological polar surface area (TPSA) is 92.9 Å². The fourth-order valence-corrected chi connectivity index (χ4v) is 1.87. The van der Waals surface area contributed by atoms with Gasteiger partial charge in [0.05, 0.1) is 5.41 Å². The van der Waals surface area contributed by atoms with Gasteiger partial charge in [-0.15, -0.1) is 0 Å². The van der Waals surface area contributed by atoms with Crippen LogP contribution in [0.25, 0.3) is 0 Å². The highest BCUT2D eigenvalue weighted by atomic mass is 16.1. The third kappa shape index (κ3) is 3.00. The number of hydrogen-bond donors (Lipinski definition) is 3. The molecule has 1 aromatic rings. The molecular weight excluding hydrogens is 254 g/mol. The van der Waals surface area contributed by atoms with Gasteiger partial charge in [0.1, 0.15) is 17.5 Å². The fraction of sp³-hybridized carbons (Fsp3) is 0.643. The molecule has 0 aliphatic heterocycles. The van der Waals surface area contributed by atoms with Crippen LogP contribution in [0.15, 0.2) is 0 Å². The predicted octanol–water partition coefficient (Wildman–Crippen LogP) is 1.63. The molecule has 6 heteroatoms. The fourth-order valence-electron chi connectivity index (χ4n) is 1.87. The first-order valence-electron chi connectivity index (χ1n) is 6.95. The first-order chi connectivity index (χ1) is 9.35. The molecule has 1 amide bonds. The Hall–Kier alpha value is -1.85. The molecule has 6 nitrogen and oxygen atoms in total. The van der Waals surface area contributed by atoms with Crippen molar-refractivity contribution in [1.29, 1.82) is 0 Å². The van der Waals surface area contributed by atoms with Gasteiger partial charge in [-0.2, -0.15) is 0 Å². The maximum atomic E-state index is 11.4. The highest BCUT2D eigenvalue weighted by Crippen LogP contribution is 2.39. The highest BCUT2D eigenvalue weighted by Gasteiger charge is 2.29. The summed E-state index contributed by atoms with van der Waals surface area (Å²) in [5.41, 5.74) is 5.73. The Balaban J connectivity index is 2.22. The van der Waals surface area contributed by atoms with Crippen molar-refractivity contribution < 1.29 is 4.79 Å². The Labute approximate surface area is 119 Å². The lowest BCUT2D eigenvalue weighted by Crippen LogP contribution is -2.37. The molecule has 0 atom stereocenters. The molecule has 0 bridgehead atoms. The van der Waals surface area contributed by atoms with Crippen molar-refractivity contribution in [2.45, 2.75) is 39.5 Å². The average Bonchev–Trinajstić information content (AvgIpc) is 3.21. The summed E-state index contributed by atoms with van der Waals surface area (Å²) in [7, 11) is 1.85. The second kappa shape index (κ2) is 5.26. The van der Waals surface area contributed by atoms with E-state index >= 15 is 0 Å². The van der Waals surface area contributed by atoms with E-state index in [1.807, 2.05) is 27.8 Å². The predicted molar refractivity (Wildman–Crippen MR) is 79.8 cm³/mol. The Morgan fingerprint density at radius 3 is 2.45 bits per heavy atom. The van der Waals surface area contributed by atoms with E-state index in [1.54, 1.807) is 0 Å². The zero-order valence-electron chi connectivity index (χ0n) is 12.6. The highest BCUT2D eigenvalue weighted by molar-refractivity contribution is 5.80. The lowest BCUT2D eigenvalue weighted by molar-refractivity contribution is -0.125. The molecule has 4 N–H and O–H groups in total. The number of nitrogens with zero attached hydrogens (tertiary/aromatic N) is 2. The van der Waals surface area contributed by atoms with Gasteiger partial charge in [0.15, 0.2) is 0 Å². The van der Waals surface area contributed by atoms with Crippen molar-refractivity contribution >= 4 is 17.5 Å². The second-order valence-corrected chi connectivity index (χ2v) is 6.03. The van der Waals surface area contributed by atoms with Gasteiger partial charge >= 0.3 is 0 Å². The number of nitrogens with two attached hydrogens (primary N) is 1. The van der Waals surface area contributed by atoms with E-state index in [4.69, 9.17) is 5.73 Å². The third-order valence-corrected chi connectivity index (χ3v) is 3.71. The van der Waals surface area contributed by atoms with Crippen molar-refractivity contribution in [3.05, 3.63) is 11.4 Å². The van der Waals surface area contributed by atoms with Crippen molar-refractivity contribution in [2.75, 3.05) is 24.2 Å². The number of anilines is 2. The Bertz CT molecular complexity index is 523. The molecular formula is C14H23N5O. The Morgan fingerprint density at radius 2 is 1.95 bits per heavy atom. The minimum atomic E-state index is -0.614. The molecule has 1 fully saturated rings. The summed E-state index contributed by atoms with van der Waals surface area (Å²) in [6.07, 6.45) is 2.30. The summed E-state index contributed by atoms with van der Waals surface area (Å²) >= 11 is 0. The smallest absolute Gasteiger partial charge is 0.224 e. The van der Waals surface area contributed by atoms with Crippen LogP contribution in [0, 0.1) is 12.3 Å². The molecule has 1 heterocycles. The minimum absolute atomic E-state index is 0.326. The van der Waals surface area contributed by atoms with Gasteiger partial charge in [-0.3, -0.25) is 4.79 Å². The Morgan fingerprint density at radius 1 is 1.35 bits per heavy atom. The summed E-state index contributed by atoms with van der Waals surface area (Å²) in [4.78, 5) is 20.5. The number of rotatable bonds is 6. The molecule has 0 aromatic carbocycles. The first kappa shape index (κ1) is 14.6. The van der Waals surface area contributed by atoms with Gasteiger partial charge in [-0.05, 0) is 33.6 Å². The van der Waals surface area contributed by atoms with E-state index in [-0.39, 0.29) is 5.91 Å². The normalized spacial score (nSPS) is 15.0. The summed E-state index contributed by atoms with van der Waals surface area (Å²) in [5.74, 6) is 2.64. The van der Waals surface area contributed by atoms with Gasteiger partial charge < -0.3 is 16.4 Å². The van der Waals surface area contributed by atoms with E-state index in [0.29, 0.717) is 12.5 Å². The van der Waals surface area contributed by atoms with Crippen molar-refractivity contribution in [3.8, 4) is 0 Å². The quantitative estimate of drug-likeness (QED) is 0.735. The second-order valence-electron chi connectivity index (χ2n) is 6.03. The minimum Gasteiger partial charge on any atom is -0.373 e. The monoisotopic (exact) mass is 277 g/mol. The van der Waals surface area contributed by atoms with E-state index in [2.05, 4.69) is 20.6 Å². The van der Waals surface area contributed by atoms with E-state index in [9.17, 15) is 4.79 Å². The van der Waals surface area contributed by atoms with Gasteiger partial charge in [-0.25, -0.2) is 9.97 Å². The van der Waals surface area contributed by atoms with Crippen LogP contribution in [0.2, 0.25) is 0 Å². The maximum Gasteiger partial charge on any atom is 0.224 e. The molecule has 0 radical (unpaired) electrons. The van der Waals surface area contributed by atoms with Crippen LogP contribution in [0.5, 0.6) is 0 Å². The molecule has 1 aromatic heterocycles. The molecule has 110 valence electrons. The van der Waals surface area contributed by atoms with Crippen molar-refractivity contribution in [3.63, 3.8) is 0 Å². The zero-order valence-corrected chi connectivity index (χ0v) is 12.6. The van der Waals surface area contributed by atoms with Crippen molar-refractivity contribution in [1.82, 2.24) is 9.97 Å². The summed E-state index contributed by atoms with van der Waals surface area (Å²) in [6, 6.07) is 0. The molecule has 1 saturated carbocycles. The van der Waals surface area contributed by atoms with E-state index in [0.717, 1.165) is 35.9 Å². The van der Waals surface area contributed by atoms with Crippen LogP contribution in [-0.4, -0.2) is 29.5 Å². The van der Waals surface area contributed by atoms with Crippen LogP contribution in [0.1, 0.15) is 44.0 Å². The van der Waals surface area contributed by atoms with Gasteiger partial charge in [0.2, 0.25) is 5.91 Å². The number of primary amides is 1. The van der Waals surface area contributed by atoms with Crippen molar-refractivity contribution in [2.24, 2.45) is 11.1 Å². The molecule has 20 heavy (non-hydrogen) atoms. The number of carbonyl (C=O) groups is 1. The van der Waals surface area contributed by atoms with Gasteiger partial charge in [0, 0.05) is 25.1 Å². The lowest BCUT2D eigenvalue weighted by atomic mass is 9.93. The number of nitrogens with one attached hydrogen (secondary N) is 2. The molecule has 0 spiro atoms. The third-order valence-electron chi connectivity index (χ3n) is 3.71. The summed E-state index contributed by atoms with van der Waals surface area (Å²) in [6.45, 7) is 6.05.